The highest BCUT2D eigenvalue weighted by Crippen LogP contribution is 2.23. The molecule has 0 aromatic heterocycles. The first-order chi connectivity index (χ1) is 14.2. The number of nitrogens with one attached hydrogen (secondary N) is 1. The van der Waals surface area contributed by atoms with E-state index >= 15 is 0 Å². The lowest BCUT2D eigenvalue weighted by atomic mass is 9.95. The normalized spacial score (nSPS) is 20.6. The maximum Gasteiger partial charge on any atom is 0.410 e. The lowest BCUT2D eigenvalue weighted by Gasteiger charge is -2.38. The maximum atomic E-state index is 13.0. The molecule has 7 nitrogen and oxygen atoms in total. The van der Waals surface area contributed by atoms with Crippen LogP contribution in [0.25, 0.3) is 0 Å². The van der Waals surface area contributed by atoms with E-state index in [1.165, 1.54) is 0 Å². The van der Waals surface area contributed by atoms with E-state index in [-0.39, 0.29) is 29.9 Å². The summed E-state index contributed by atoms with van der Waals surface area (Å²) in [6, 6.07) is 9.25. The monoisotopic (exact) mass is 415 g/mol. The van der Waals surface area contributed by atoms with Crippen molar-refractivity contribution in [3.63, 3.8) is 0 Å². The predicted octanol–water partition coefficient (Wildman–Crippen LogP) is 3.05. The average molecular weight is 416 g/mol. The average Bonchev–Trinajstić information content (AvgIpc) is 2.73. The number of amides is 3. The molecule has 1 N–H and O–H groups in total. The summed E-state index contributed by atoms with van der Waals surface area (Å²) in [5, 5.41) is 3.07. The van der Waals surface area contributed by atoms with Gasteiger partial charge in [0.15, 0.2) is 0 Å². The first kappa shape index (κ1) is 22.1. The Morgan fingerprint density at radius 1 is 0.967 bits per heavy atom. The van der Waals surface area contributed by atoms with E-state index in [1.807, 2.05) is 43.9 Å². The Labute approximate surface area is 178 Å². The number of carbonyl (C=O) groups is 3. The van der Waals surface area contributed by atoms with Gasteiger partial charge in [0.25, 0.3) is 5.91 Å². The molecule has 3 amide bonds. The van der Waals surface area contributed by atoms with E-state index in [4.69, 9.17) is 4.74 Å². The molecule has 7 heteroatoms. The molecular formula is C23H33N3O4. The van der Waals surface area contributed by atoms with Crippen LogP contribution >= 0.6 is 0 Å². The molecule has 3 rings (SSSR count). The third-order valence-corrected chi connectivity index (χ3v) is 5.60. The van der Waals surface area contributed by atoms with Gasteiger partial charge in [-0.1, -0.05) is 18.2 Å². The van der Waals surface area contributed by atoms with Gasteiger partial charge in [0, 0.05) is 37.8 Å². The fourth-order valence-electron chi connectivity index (χ4n) is 4.03. The molecule has 2 saturated heterocycles. The summed E-state index contributed by atoms with van der Waals surface area (Å²) in [5.74, 6) is -0.140. The minimum atomic E-state index is -0.542. The Hall–Kier alpha value is -2.57. The van der Waals surface area contributed by atoms with E-state index in [1.54, 1.807) is 17.0 Å². The smallest absolute Gasteiger partial charge is 0.410 e. The Balaban J connectivity index is 1.47. The number of nitrogens with zero attached hydrogens (tertiary/aromatic N) is 2. The van der Waals surface area contributed by atoms with Crippen LogP contribution in [0.5, 0.6) is 0 Å². The van der Waals surface area contributed by atoms with Crippen LogP contribution in [0.4, 0.5) is 4.79 Å². The zero-order chi connectivity index (χ0) is 21.7. The van der Waals surface area contributed by atoms with Crippen LogP contribution in [0.3, 0.4) is 0 Å². The molecule has 1 aromatic rings. The summed E-state index contributed by atoms with van der Waals surface area (Å²) in [6.07, 6.45) is 2.74. The first-order valence-corrected chi connectivity index (χ1v) is 10.9. The second-order valence-corrected chi connectivity index (χ2v) is 9.20. The van der Waals surface area contributed by atoms with Gasteiger partial charge >= 0.3 is 6.09 Å². The number of hydrogen-bond acceptors (Lipinski definition) is 4. The van der Waals surface area contributed by atoms with E-state index in [9.17, 15) is 14.4 Å². The molecule has 2 heterocycles. The Morgan fingerprint density at radius 3 is 2.27 bits per heavy atom. The molecule has 0 aliphatic carbocycles. The van der Waals surface area contributed by atoms with Crippen LogP contribution in [-0.2, 0) is 9.53 Å². The van der Waals surface area contributed by atoms with Crippen molar-refractivity contribution in [3.8, 4) is 0 Å². The molecule has 2 aliphatic rings. The predicted molar refractivity (Wildman–Crippen MR) is 114 cm³/mol. The fraction of sp³-hybridized carbons (Fsp3) is 0.609. The van der Waals surface area contributed by atoms with Gasteiger partial charge in [0.2, 0.25) is 5.91 Å². The van der Waals surface area contributed by atoms with Gasteiger partial charge in [-0.25, -0.2) is 4.79 Å². The van der Waals surface area contributed by atoms with Crippen molar-refractivity contribution in [3.05, 3.63) is 35.9 Å². The SMILES string of the molecule is CC(C)(C)OC(=O)N1CCCC(C(=O)N2CCC(NC(=O)c3ccccc3)CC2)C1. The van der Waals surface area contributed by atoms with E-state index in [0.717, 1.165) is 25.7 Å². The van der Waals surface area contributed by atoms with Crippen molar-refractivity contribution in [1.29, 1.82) is 0 Å². The van der Waals surface area contributed by atoms with Crippen LogP contribution in [-0.4, -0.2) is 65.5 Å². The molecule has 2 aliphatic heterocycles. The summed E-state index contributed by atoms with van der Waals surface area (Å²) < 4.78 is 5.46. The lowest BCUT2D eigenvalue weighted by Crippen LogP contribution is -2.51. The molecule has 1 atom stereocenters. The van der Waals surface area contributed by atoms with E-state index < -0.39 is 5.60 Å². The van der Waals surface area contributed by atoms with E-state index in [0.29, 0.717) is 31.7 Å². The van der Waals surface area contributed by atoms with Gasteiger partial charge in [-0.05, 0) is 58.6 Å². The van der Waals surface area contributed by atoms with Crippen molar-refractivity contribution >= 4 is 17.9 Å². The molecule has 30 heavy (non-hydrogen) atoms. The molecule has 0 spiro atoms. The molecular weight excluding hydrogens is 382 g/mol. The van der Waals surface area contributed by atoms with E-state index in [2.05, 4.69) is 5.32 Å². The molecule has 2 fully saturated rings. The number of rotatable bonds is 3. The summed E-state index contributed by atoms with van der Waals surface area (Å²) >= 11 is 0. The van der Waals surface area contributed by atoms with Gasteiger partial charge in [0.05, 0.1) is 5.92 Å². The topological polar surface area (TPSA) is 79.0 Å². The van der Waals surface area contributed by atoms with Crippen molar-refractivity contribution in [2.45, 2.75) is 58.1 Å². The minimum Gasteiger partial charge on any atom is -0.444 e. The number of carbonyl (C=O) groups excluding carboxylic acids is 3. The van der Waals surface area contributed by atoms with Gasteiger partial charge in [-0.15, -0.1) is 0 Å². The van der Waals surface area contributed by atoms with Gasteiger partial charge < -0.3 is 19.9 Å². The van der Waals surface area contributed by atoms with Crippen molar-refractivity contribution < 1.29 is 19.1 Å². The zero-order valence-corrected chi connectivity index (χ0v) is 18.2. The largest absolute Gasteiger partial charge is 0.444 e. The summed E-state index contributed by atoms with van der Waals surface area (Å²) in [6.45, 7) is 7.84. The third kappa shape index (κ3) is 5.97. The number of piperidine rings is 2. The Kier molecular flexibility index (Phi) is 7.00. The highest BCUT2D eigenvalue weighted by molar-refractivity contribution is 5.94. The summed E-state index contributed by atoms with van der Waals surface area (Å²) in [5.41, 5.74) is 0.112. The van der Waals surface area contributed by atoms with Gasteiger partial charge in [0.1, 0.15) is 5.60 Å². The number of ether oxygens (including phenoxy) is 1. The third-order valence-electron chi connectivity index (χ3n) is 5.60. The van der Waals surface area contributed by atoms with Gasteiger partial charge in [-0.2, -0.15) is 0 Å². The zero-order valence-electron chi connectivity index (χ0n) is 18.2. The van der Waals surface area contributed by atoms with Crippen LogP contribution < -0.4 is 5.32 Å². The first-order valence-electron chi connectivity index (χ1n) is 10.9. The van der Waals surface area contributed by atoms with Crippen molar-refractivity contribution in [2.75, 3.05) is 26.2 Å². The molecule has 0 radical (unpaired) electrons. The fourth-order valence-corrected chi connectivity index (χ4v) is 4.03. The summed E-state index contributed by atoms with van der Waals surface area (Å²) in [4.78, 5) is 41.2. The molecule has 0 saturated carbocycles. The van der Waals surface area contributed by atoms with Crippen LogP contribution in [0.2, 0.25) is 0 Å². The number of benzene rings is 1. The second-order valence-electron chi connectivity index (χ2n) is 9.20. The molecule has 1 unspecified atom stereocenters. The van der Waals surface area contributed by atoms with Crippen LogP contribution in [0, 0.1) is 5.92 Å². The van der Waals surface area contributed by atoms with Crippen molar-refractivity contribution in [2.24, 2.45) is 5.92 Å². The van der Waals surface area contributed by atoms with Crippen molar-refractivity contribution in [1.82, 2.24) is 15.1 Å². The second kappa shape index (κ2) is 9.49. The van der Waals surface area contributed by atoms with Gasteiger partial charge in [-0.3, -0.25) is 9.59 Å². The molecule has 0 bridgehead atoms. The summed E-state index contributed by atoms with van der Waals surface area (Å²) in [7, 11) is 0. The quantitative estimate of drug-likeness (QED) is 0.823. The number of likely N-dealkylation sites (tertiary alicyclic amines) is 2. The highest BCUT2D eigenvalue weighted by Gasteiger charge is 2.34. The molecule has 1 aromatic carbocycles. The standard InChI is InChI=1S/C23H33N3O4/c1-23(2,3)30-22(29)26-13-7-10-18(16-26)21(28)25-14-11-19(12-15-25)24-20(27)17-8-5-4-6-9-17/h4-6,8-9,18-19H,7,10-16H2,1-3H3,(H,24,27). The highest BCUT2D eigenvalue weighted by atomic mass is 16.6. The minimum absolute atomic E-state index is 0.0688. The van der Waals surface area contributed by atoms with Crippen LogP contribution in [0.1, 0.15) is 56.8 Å². The van der Waals surface area contributed by atoms with Crippen LogP contribution in [0.15, 0.2) is 30.3 Å². The molecule has 164 valence electrons. The maximum absolute atomic E-state index is 13.0. The lowest BCUT2D eigenvalue weighted by molar-refractivity contribution is -0.138. The number of hydrogen-bond donors (Lipinski definition) is 1. The Bertz CT molecular complexity index is 751. The Morgan fingerprint density at radius 2 is 1.63 bits per heavy atom.